The van der Waals surface area contributed by atoms with Crippen molar-refractivity contribution in [1.29, 1.82) is 0 Å². The van der Waals surface area contributed by atoms with E-state index in [2.05, 4.69) is 24.2 Å². The summed E-state index contributed by atoms with van der Waals surface area (Å²) in [7, 11) is 1.67. The van der Waals surface area contributed by atoms with Gasteiger partial charge >= 0.3 is 0 Å². The number of guanidine groups is 1. The second-order valence-corrected chi connectivity index (χ2v) is 4.56. The first-order chi connectivity index (χ1) is 6.37. The lowest BCUT2D eigenvalue weighted by Crippen LogP contribution is -2.50. The summed E-state index contributed by atoms with van der Waals surface area (Å²) in [4.78, 5) is 4.22. The molecule has 3 N–H and O–H groups in total. The zero-order chi connectivity index (χ0) is 11.2. The van der Waals surface area contributed by atoms with Crippen molar-refractivity contribution in [3.05, 3.63) is 0 Å². The number of nitrogens with zero attached hydrogens (tertiary/aromatic N) is 1. The third kappa shape index (κ3) is 6.71. The van der Waals surface area contributed by atoms with Crippen molar-refractivity contribution in [2.45, 2.75) is 33.2 Å². The van der Waals surface area contributed by atoms with E-state index >= 15 is 0 Å². The van der Waals surface area contributed by atoms with Crippen molar-refractivity contribution in [2.75, 3.05) is 20.3 Å². The first kappa shape index (κ1) is 13.2. The number of hydrogen-bond acceptors (Lipinski definition) is 2. The quantitative estimate of drug-likeness (QED) is 0.515. The summed E-state index contributed by atoms with van der Waals surface area (Å²) in [6.07, 6.45) is 0. The molecule has 0 aromatic heterocycles. The molecule has 14 heavy (non-hydrogen) atoms. The van der Waals surface area contributed by atoms with Gasteiger partial charge in [-0.15, -0.1) is 0 Å². The van der Waals surface area contributed by atoms with Gasteiger partial charge in [0.05, 0.1) is 12.1 Å². The average molecular weight is 201 g/mol. The monoisotopic (exact) mass is 201 g/mol. The average Bonchev–Trinajstić information content (AvgIpc) is 1.99. The van der Waals surface area contributed by atoms with Gasteiger partial charge in [-0.25, -0.2) is 0 Å². The predicted molar refractivity (Wildman–Crippen MR) is 60.4 cm³/mol. The summed E-state index contributed by atoms with van der Waals surface area (Å²) in [5.41, 5.74) is 5.55. The lowest BCUT2D eigenvalue weighted by Gasteiger charge is -2.25. The van der Waals surface area contributed by atoms with Crippen molar-refractivity contribution in [3.8, 4) is 0 Å². The molecule has 0 rings (SSSR count). The van der Waals surface area contributed by atoms with Crippen LogP contribution in [0.15, 0.2) is 4.99 Å². The number of rotatable bonds is 5. The molecule has 4 heteroatoms. The second kappa shape index (κ2) is 5.86. The zero-order valence-electron chi connectivity index (χ0n) is 9.92. The number of nitrogens with two attached hydrogens (primary N) is 1. The molecule has 0 aromatic carbocycles. The van der Waals surface area contributed by atoms with Gasteiger partial charge in [0.2, 0.25) is 0 Å². The molecular weight excluding hydrogens is 178 g/mol. The van der Waals surface area contributed by atoms with Crippen LogP contribution in [0.3, 0.4) is 0 Å². The molecule has 0 amide bonds. The van der Waals surface area contributed by atoms with Crippen LogP contribution >= 0.6 is 0 Å². The lowest BCUT2D eigenvalue weighted by molar-refractivity contribution is 0.139. The molecule has 0 spiro atoms. The Morgan fingerprint density at radius 1 is 1.50 bits per heavy atom. The minimum Gasteiger partial charge on any atom is -0.382 e. The van der Waals surface area contributed by atoms with E-state index in [1.165, 1.54) is 0 Å². The Bertz CT molecular complexity index is 188. The van der Waals surface area contributed by atoms with Crippen LogP contribution in [0, 0.1) is 5.92 Å². The molecule has 0 fully saturated rings. The fraction of sp³-hybridized carbons (Fsp3) is 0.900. The van der Waals surface area contributed by atoms with E-state index in [0.29, 0.717) is 18.5 Å². The molecule has 0 atom stereocenters. The molecule has 0 bridgehead atoms. The minimum atomic E-state index is -0.167. The highest BCUT2D eigenvalue weighted by atomic mass is 16.5. The first-order valence-corrected chi connectivity index (χ1v) is 4.94. The summed E-state index contributed by atoms with van der Waals surface area (Å²) in [6.45, 7) is 9.61. The Morgan fingerprint density at radius 2 is 2.07 bits per heavy atom. The first-order valence-electron chi connectivity index (χ1n) is 4.94. The van der Waals surface area contributed by atoms with Gasteiger partial charge in [-0.3, -0.25) is 4.99 Å². The van der Waals surface area contributed by atoms with Crippen LogP contribution in [0.5, 0.6) is 0 Å². The lowest BCUT2D eigenvalue weighted by atomic mass is 10.1. The number of ether oxygens (including phenoxy) is 1. The van der Waals surface area contributed by atoms with Crippen molar-refractivity contribution < 1.29 is 4.74 Å². The maximum atomic E-state index is 5.72. The molecule has 0 unspecified atom stereocenters. The molecule has 84 valence electrons. The fourth-order valence-electron chi connectivity index (χ4n) is 1.06. The van der Waals surface area contributed by atoms with E-state index in [1.807, 2.05) is 13.8 Å². The predicted octanol–water partition coefficient (Wildman–Crippen LogP) is 0.972. The van der Waals surface area contributed by atoms with E-state index in [4.69, 9.17) is 10.5 Å². The van der Waals surface area contributed by atoms with Crippen molar-refractivity contribution >= 4 is 5.96 Å². The van der Waals surface area contributed by atoms with Gasteiger partial charge in [0.25, 0.3) is 0 Å². The van der Waals surface area contributed by atoms with Gasteiger partial charge < -0.3 is 15.8 Å². The van der Waals surface area contributed by atoms with E-state index in [9.17, 15) is 0 Å². The fourth-order valence-corrected chi connectivity index (χ4v) is 1.06. The Morgan fingerprint density at radius 3 is 2.50 bits per heavy atom. The van der Waals surface area contributed by atoms with Gasteiger partial charge in [-0.1, -0.05) is 13.8 Å². The molecule has 0 aromatic rings. The van der Waals surface area contributed by atoms with E-state index in [0.717, 1.165) is 6.54 Å². The number of nitrogens with one attached hydrogen (secondary N) is 1. The van der Waals surface area contributed by atoms with E-state index < -0.39 is 0 Å². The largest absolute Gasteiger partial charge is 0.382 e. The highest BCUT2D eigenvalue weighted by molar-refractivity contribution is 5.78. The van der Waals surface area contributed by atoms with Gasteiger partial charge in [-0.2, -0.15) is 0 Å². The van der Waals surface area contributed by atoms with Crippen LogP contribution in [0.2, 0.25) is 0 Å². The molecule has 0 aliphatic carbocycles. The van der Waals surface area contributed by atoms with Crippen LogP contribution in [-0.2, 0) is 4.74 Å². The number of aliphatic imine (C=N–C) groups is 1. The Hall–Kier alpha value is -0.770. The van der Waals surface area contributed by atoms with Crippen LogP contribution in [-0.4, -0.2) is 31.8 Å². The highest BCUT2D eigenvalue weighted by Gasteiger charge is 2.17. The van der Waals surface area contributed by atoms with Crippen molar-refractivity contribution in [2.24, 2.45) is 16.6 Å². The maximum Gasteiger partial charge on any atom is 0.189 e. The van der Waals surface area contributed by atoms with Crippen LogP contribution < -0.4 is 11.1 Å². The summed E-state index contributed by atoms with van der Waals surface area (Å²) in [6, 6.07) is 0. The summed E-state index contributed by atoms with van der Waals surface area (Å²) < 4.78 is 5.06. The Balaban J connectivity index is 4.02. The molecular formula is C10H23N3O. The number of methoxy groups -OCH3 is 1. The SMILES string of the molecule is COCC(C)(C)NC(N)=NCC(C)C. The zero-order valence-corrected chi connectivity index (χ0v) is 9.92. The van der Waals surface area contributed by atoms with Crippen molar-refractivity contribution in [3.63, 3.8) is 0 Å². The topological polar surface area (TPSA) is 59.6 Å². The minimum absolute atomic E-state index is 0.167. The molecule has 0 heterocycles. The van der Waals surface area contributed by atoms with Crippen LogP contribution in [0.25, 0.3) is 0 Å². The van der Waals surface area contributed by atoms with E-state index in [-0.39, 0.29) is 5.54 Å². The molecule has 0 aliphatic heterocycles. The highest BCUT2D eigenvalue weighted by Crippen LogP contribution is 2.01. The molecule has 0 saturated carbocycles. The summed E-state index contributed by atoms with van der Waals surface area (Å²) in [5, 5.41) is 3.12. The third-order valence-electron chi connectivity index (χ3n) is 1.60. The molecule has 0 aliphatic rings. The molecule has 0 radical (unpaired) electrons. The smallest absolute Gasteiger partial charge is 0.189 e. The van der Waals surface area contributed by atoms with Gasteiger partial charge in [0.1, 0.15) is 0 Å². The second-order valence-electron chi connectivity index (χ2n) is 4.56. The van der Waals surface area contributed by atoms with Gasteiger partial charge in [-0.05, 0) is 19.8 Å². The van der Waals surface area contributed by atoms with Crippen LogP contribution in [0.4, 0.5) is 0 Å². The van der Waals surface area contributed by atoms with Gasteiger partial charge in [0, 0.05) is 13.7 Å². The van der Waals surface area contributed by atoms with Crippen molar-refractivity contribution in [1.82, 2.24) is 5.32 Å². The molecule has 0 saturated heterocycles. The van der Waals surface area contributed by atoms with E-state index in [1.54, 1.807) is 7.11 Å². The summed E-state index contributed by atoms with van der Waals surface area (Å²) >= 11 is 0. The Kier molecular flexibility index (Phi) is 5.53. The maximum absolute atomic E-state index is 5.72. The standard InChI is InChI=1S/C10H23N3O/c1-8(2)6-12-9(11)13-10(3,4)7-14-5/h8H,6-7H2,1-5H3,(H3,11,12,13). The third-order valence-corrected chi connectivity index (χ3v) is 1.60. The normalized spacial score (nSPS) is 13.4. The Labute approximate surface area is 86.9 Å². The van der Waals surface area contributed by atoms with Crippen LogP contribution in [0.1, 0.15) is 27.7 Å². The van der Waals surface area contributed by atoms with Gasteiger partial charge in [0.15, 0.2) is 5.96 Å². The molecule has 4 nitrogen and oxygen atoms in total. The summed E-state index contributed by atoms with van der Waals surface area (Å²) in [5.74, 6) is 1.02. The number of hydrogen-bond donors (Lipinski definition) is 2.